The van der Waals surface area contributed by atoms with E-state index in [-0.39, 0.29) is 0 Å². The van der Waals surface area contributed by atoms with Gasteiger partial charge >= 0.3 is 0 Å². The summed E-state index contributed by atoms with van der Waals surface area (Å²) in [5.41, 5.74) is 5.78. The van der Waals surface area contributed by atoms with Crippen LogP contribution < -0.4 is 16.0 Å². The van der Waals surface area contributed by atoms with Crippen molar-refractivity contribution in [3.8, 4) is 0 Å². The zero-order valence-electron chi connectivity index (χ0n) is 11.5. The maximum atomic E-state index is 5.78. The number of nitrogens with zero attached hydrogens (tertiary/aromatic N) is 4. The Hall–Kier alpha value is -1.56. The van der Waals surface area contributed by atoms with E-state index < -0.39 is 0 Å². The minimum atomic E-state index is 0.345. The lowest BCUT2D eigenvalue weighted by Crippen LogP contribution is -2.47. The Morgan fingerprint density at radius 2 is 2.00 bits per heavy atom. The summed E-state index contributed by atoms with van der Waals surface area (Å²) in [7, 11) is 0. The van der Waals surface area contributed by atoms with Crippen molar-refractivity contribution in [2.75, 3.05) is 48.7 Å². The third kappa shape index (κ3) is 2.89. The minimum Gasteiger partial charge on any atom is -0.370 e. The third-order valence-electron chi connectivity index (χ3n) is 3.79. The standard InChI is InChI=1S/C13H22N6/c1-2-15-11-9-12(17-13(14)16-11)19-7-5-18(6-8-19)10-3-4-10/h9-10H,2-8H2,1H3,(H3,14,15,16,17). The van der Waals surface area contributed by atoms with Crippen LogP contribution in [0.4, 0.5) is 17.6 Å². The first kappa shape index (κ1) is 12.5. The zero-order valence-corrected chi connectivity index (χ0v) is 11.5. The number of aromatic nitrogens is 2. The molecule has 1 aliphatic heterocycles. The summed E-state index contributed by atoms with van der Waals surface area (Å²) in [5.74, 6) is 2.10. The van der Waals surface area contributed by atoms with E-state index in [0.717, 1.165) is 50.4 Å². The van der Waals surface area contributed by atoms with Gasteiger partial charge in [-0.3, -0.25) is 4.90 Å². The molecule has 6 heteroatoms. The highest BCUT2D eigenvalue weighted by Gasteiger charge is 2.31. The number of hydrogen-bond acceptors (Lipinski definition) is 6. The quantitative estimate of drug-likeness (QED) is 0.835. The molecule has 1 saturated heterocycles. The molecule has 0 radical (unpaired) electrons. The minimum absolute atomic E-state index is 0.345. The average Bonchev–Trinajstić information content (AvgIpc) is 3.23. The molecule has 3 rings (SSSR count). The second kappa shape index (κ2) is 5.21. The van der Waals surface area contributed by atoms with Crippen molar-refractivity contribution in [3.63, 3.8) is 0 Å². The van der Waals surface area contributed by atoms with Crippen LogP contribution in [0.3, 0.4) is 0 Å². The number of anilines is 3. The second-order valence-corrected chi connectivity index (χ2v) is 5.25. The summed E-state index contributed by atoms with van der Waals surface area (Å²) in [4.78, 5) is 13.4. The largest absolute Gasteiger partial charge is 0.370 e. The van der Waals surface area contributed by atoms with E-state index in [1.54, 1.807) is 0 Å². The molecule has 0 amide bonds. The van der Waals surface area contributed by atoms with Gasteiger partial charge in [-0.25, -0.2) is 0 Å². The Labute approximate surface area is 114 Å². The predicted molar refractivity (Wildman–Crippen MR) is 77.4 cm³/mol. The van der Waals surface area contributed by atoms with E-state index in [0.29, 0.717) is 5.95 Å². The Balaban J connectivity index is 1.68. The van der Waals surface area contributed by atoms with Gasteiger partial charge in [0.25, 0.3) is 0 Å². The summed E-state index contributed by atoms with van der Waals surface area (Å²) >= 11 is 0. The first-order valence-corrected chi connectivity index (χ1v) is 7.13. The average molecular weight is 262 g/mol. The van der Waals surface area contributed by atoms with Gasteiger partial charge in [-0.1, -0.05) is 0 Å². The molecule has 0 unspecified atom stereocenters. The van der Waals surface area contributed by atoms with Crippen LogP contribution in [0.1, 0.15) is 19.8 Å². The van der Waals surface area contributed by atoms with Crippen molar-refractivity contribution in [3.05, 3.63) is 6.07 Å². The maximum absolute atomic E-state index is 5.78. The molecule has 6 nitrogen and oxygen atoms in total. The fraction of sp³-hybridized carbons (Fsp3) is 0.692. The van der Waals surface area contributed by atoms with Crippen molar-refractivity contribution in [2.45, 2.75) is 25.8 Å². The van der Waals surface area contributed by atoms with Crippen LogP contribution in [-0.2, 0) is 0 Å². The highest BCUT2D eigenvalue weighted by Crippen LogP contribution is 2.28. The molecule has 3 N–H and O–H groups in total. The van der Waals surface area contributed by atoms with Gasteiger partial charge in [0, 0.05) is 44.8 Å². The van der Waals surface area contributed by atoms with Crippen LogP contribution in [0.15, 0.2) is 6.07 Å². The molecule has 104 valence electrons. The van der Waals surface area contributed by atoms with Crippen LogP contribution in [0.5, 0.6) is 0 Å². The number of piperazine rings is 1. The van der Waals surface area contributed by atoms with Gasteiger partial charge in [-0.15, -0.1) is 0 Å². The second-order valence-electron chi connectivity index (χ2n) is 5.25. The van der Waals surface area contributed by atoms with Crippen LogP contribution >= 0.6 is 0 Å². The van der Waals surface area contributed by atoms with E-state index >= 15 is 0 Å². The molecule has 1 aliphatic carbocycles. The molecule has 0 spiro atoms. The number of rotatable bonds is 4. The maximum Gasteiger partial charge on any atom is 0.223 e. The van der Waals surface area contributed by atoms with Crippen molar-refractivity contribution in [1.82, 2.24) is 14.9 Å². The summed E-state index contributed by atoms with van der Waals surface area (Å²) in [6.45, 7) is 7.20. The van der Waals surface area contributed by atoms with Gasteiger partial charge in [-0.2, -0.15) is 9.97 Å². The molecule has 1 saturated carbocycles. The van der Waals surface area contributed by atoms with Crippen molar-refractivity contribution >= 4 is 17.6 Å². The number of hydrogen-bond donors (Lipinski definition) is 2. The molecule has 1 aromatic heterocycles. The van der Waals surface area contributed by atoms with E-state index in [2.05, 4.69) is 25.1 Å². The Kier molecular flexibility index (Phi) is 3.42. The van der Waals surface area contributed by atoms with E-state index in [1.807, 2.05) is 13.0 Å². The van der Waals surface area contributed by atoms with E-state index in [1.165, 1.54) is 12.8 Å². The number of nitrogens with two attached hydrogens (primary N) is 1. The molecule has 1 aromatic rings. The zero-order chi connectivity index (χ0) is 13.2. The molecule has 0 atom stereocenters. The summed E-state index contributed by atoms with van der Waals surface area (Å²) in [5, 5.41) is 3.20. The first-order valence-electron chi connectivity index (χ1n) is 7.13. The van der Waals surface area contributed by atoms with Gasteiger partial charge in [0.15, 0.2) is 0 Å². The monoisotopic (exact) mass is 262 g/mol. The van der Waals surface area contributed by atoms with E-state index in [9.17, 15) is 0 Å². The topological polar surface area (TPSA) is 70.3 Å². The molecular weight excluding hydrogens is 240 g/mol. The Morgan fingerprint density at radius 1 is 1.26 bits per heavy atom. The molecule has 2 fully saturated rings. The molecule has 19 heavy (non-hydrogen) atoms. The Morgan fingerprint density at radius 3 is 2.63 bits per heavy atom. The van der Waals surface area contributed by atoms with Crippen molar-refractivity contribution in [1.29, 1.82) is 0 Å². The molecule has 2 aliphatic rings. The number of nitrogen functional groups attached to an aromatic ring is 1. The van der Waals surface area contributed by atoms with Gasteiger partial charge in [-0.05, 0) is 19.8 Å². The lowest BCUT2D eigenvalue weighted by Gasteiger charge is -2.35. The highest BCUT2D eigenvalue weighted by atomic mass is 15.3. The highest BCUT2D eigenvalue weighted by molar-refractivity contribution is 5.52. The summed E-state index contributed by atoms with van der Waals surface area (Å²) < 4.78 is 0. The van der Waals surface area contributed by atoms with Crippen LogP contribution in [0, 0.1) is 0 Å². The lowest BCUT2D eigenvalue weighted by molar-refractivity contribution is 0.247. The fourth-order valence-corrected chi connectivity index (χ4v) is 2.64. The van der Waals surface area contributed by atoms with Crippen molar-refractivity contribution in [2.24, 2.45) is 0 Å². The summed E-state index contributed by atoms with van der Waals surface area (Å²) in [6.07, 6.45) is 2.76. The van der Waals surface area contributed by atoms with Gasteiger partial charge < -0.3 is 16.0 Å². The molecular formula is C13H22N6. The van der Waals surface area contributed by atoms with Crippen LogP contribution in [0.2, 0.25) is 0 Å². The van der Waals surface area contributed by atoms with Crippen LogP contribution in [-0.4, -0.2) is 53.6 Å². The van der Waals surface area contributed by atoms with Gasteiger partial charge in [0.2, 0.25) is 5.95 Å². The van der Waals surface area contributed by atoms with Gasteiger partial charge in [0.05, 0.1) is 0 Å². The van der Waals surface area contributed by atoms with E-state index in [4.69, 9.17) is 5.73 Å². The molecule has 0 aromatic carbocycles. The van der Waals surface area contributed by atoms with Gasteiger partial charge in [0.1, 0.15) is 11.6 Å². The number of nitrogens with one attached hydrogen (secondary N) is 1. The van der Waals surface area contributed by atoms with Crippen LogP contribution in [0.25, 0.3) is 0 Å². The lowest BCUT2D eigenvalue weighted by atomic mass is 10.3. The summed E-state index contributed by atoms with van der Waals surface area (Å²) in [6, 6.07) is 2.85. The molecule has 2 heterocycles. The third-order valence-corrected chi connectivity index (χ3v) is 3.79. The molecule has 0 bridgehead atoms. The SMILES string of the molecule is CCNc1cc(N2CCN(C3CC3)CC2)nc(N)n1. The predicted octanol–water partition coefficient (Wildman–Crippen LogP) is 0.775. The Bertz CT molecular complexity index is 437. The normalized spacial score (nSPS) is 20.6. The smallest absolute Gasteiger partial charge is 0.223 e. The first-order chi connectivity index (χ1) is 9.26. The van der Waals surface area contributed by atoms with Crippen molar-refractivity contribution < 1.29 is 0 Å². The fourth-order valence-electron chi connectivity index (χ4n) is 2.64.